The second kappa shape index (κ2) is 6.26. The molecule has 3 rings (SSSR count). The number of aromatic amines is 1. The molecule has 0 saturated heterocycles. The van der Waals surface area contributed by atoms with Gasteiger partial charge in [0, 0.05) is 23.1 Å². The van der Waals surface area contributed by atoms with Crippen molar-refractivity contribution in [2.75, 3.05) is 0 Å². The minimum atomic E-state index is -4.17. The average molecular weight is 324 g/mol. The van der Waals surface area contributed by atoms with E-state index in [-0.39, 0.29) is 31.2 Å². The first-order valence-corrected chi connectivity index (χ1v) is 7.84. The fourth-order valence-corrected chi connectivity index (χ4v) is 3.35. The molecule has 2 N–H and O–H groups in total. The van der Waals surface area contributed by atoms with Gasteiger partial charge in [0.05, 0.1) is 12.3 Å². The van der Waals surface area contributed by atoms with E-state index in [1.807, 2.05) is 24.3 Å². The van der Waals surface area contributed by atoms with Gasteiger partial charge >= 0.3 is 6.18 Å². The molecule has 6 heteroatoms. The number of alkyl halides is 3. The highest BCUT2D eigenvalue weighted by Crippen LogP contribution is 2.37. The van der Waals surface area contributed by atoms with Crippen molar-refractivity contribution < 1.29 is 18.0 Å². The topological polar surface area (TPSA) is 44.9 Å². The zero-order valence-electron chi connectivity index (χ0n) is 12.6. The van der Waals surface area contributed by atoms with Crippen LogP contribution in [0.2, 0.25) is 0 Å². The predicted octanol–water partition coefficient (Wildman–Crippen LogP) is 3.95. The van der Waals surface area contributed by atoms with Crippen LogP contribution in [0.4, 0.5) is 13.2 Å². The van der Waals surface area contributed by atoms with Crippen LogP contribution < -0.4 is 5.32 Å². The van der Waals surface area contributed by atoms with Crippen molar-refractivity contribution in [1.29, 1.82) is 0 Å². The molecular weight excluding hydrogens is 305 g/mol. The van der Waals surface area contributed by atoms with Crippen molar-refractivity contribution in [3.63, 3.8) is 0 Å². The Hall–Kier alpha value is -1.98. The Kier molecular flexibility index (Phi) is 4.33. The Bertz CT molecular complexity index is 692. The third-order valence-electron chi connectivity index (χ3n) is 4.53. The van der Waals surface area contributed by atoms with Gasteiger partial charge in [-0.1, -0.05) is 24.6 Å². The van der Waals surface area contributed by atoms with Gasteiger partial charge < -0.3 is 10.3 Å². The number of hydrogen-bond donors (Lipinski definition) is 2. The number of hydrogen-bond acceptors (Lipinski definition) is 1. The highest BCUT2D eigenvalue weighted by molar-refractivity contribution is 5.88. The summed E-state index contributed by atoms with van der Waals surface area (Å²) in [7, 11) is 0. The molecule has 2 aromatic rings. The van der Waals surface area contributed by atoms with Crippen LogP contribution in [0.3, 0.4) is 0 Å². The number of amides is 1. The van der Waals surface area contributed by atoms with Crippen molar-refractivity contribution in [3.8, 4) is 0 Å². The van der Waals surface area contributed by atoms with Crippen molar-refractivity contribution in [1.82, 2.24) is 10.3 Å². The van der Waals surface area contributed by atoms with Crippen LogP contribution in [-0.4, -0.2) is 23.1 Å². The molecule has 3 nitrogen and oxygen atoms in total. The van der Waals surface area contributed by atoms with E-state index in [1.165, 1.54) is 0 Å². The largest absolute Gasteiger partial charge is 0.391 e. The summed E-state index contributed by atoms with van der Waals surface area (Å²) in [5, 5.41) is 3.74. The molecule has 0 aliphatic heterocycles. The monoisotopic (exact) mass is 324 g/mol. The van der Waals surface area contributed by atoms with E-state index in [0.29, 0.717) is 12.8 Å². The summed E-state index contributed by atoms with van der Waals surface area (Å²) in [5.41, 5.74) is 1.81. The third kappa shape index (κ3) is 3.68. The van der Waals surface area contributed by atoms with Gasteiger partial charge in [-0.2, -0.15) is 13.2 Å². The average Bonchev–Trinajstić information content (AvgIpc) is 2.90. The van der Waals surface area contributed by atoms with Crippen LogP contribution in [-0.2, 0) is 11.2 Å². The zero-order valence-corrected chi connectivity index (χ0v) is 12.6. The molecule has 1 aromatic carbocycles. The minimum Gasteiger partial charge on any atom is -0.361 e. The molecule has 2 atom stereocenters. The van der Waals surface area contributed by atoms with Gasteiger partial charge in [0.1, 0.15) is 0 Å². The summed E-state index contributed by atoms with van der Waals surface area (Å²) in [6.07, 6.45) is -0.934. The fraction of sp³-hybridized carbons (Fsp3) is 0.471. The van der Waals surface area contributed by atoms with Crippen LogP contribution in [0.25, 0.3) is 10.9 Å². The Balaban J connectivity index is 1.61. The van der Waals surface area contributed by atoms with E-state index in [2.05, 4.69) is 10.3 Å². The van der Waals surface area contributed by atoms with Crippen LogP contribution >= 0.6 is 0 Å². The Morgan fingerprint density at radius 1 is 1.26 bits per heavy atom. The molecule has 1 amide bonds. The number of para-hydroxylation sites is 1. The van der Waals surface area contributed by atoms with Crippen LogP contribution in [0.1, 0.15) is 31.2 Å². The number of aromatic nitrogens is 1. The maximum Gasteiger partial charge on any atom is 0.391 e. The quantitative estimate of drug-likeness (QED) is 0.882. The first-order valence-electron chi connectivity index (χ1n) is 7.84. The van der Waals surface area contributed by atoms with Gasteiger partial charge in [-0.3, -0.25) is 4.79 Å². The van der Waals surface area contributed by atoms with E-state index >= 15 is 0 Å². The molecule has 0 bridgehead atoms. The van der Waals surface area contributed by atoms with Gasteiger partial charge in [0.25, 0.3) is 0 Å². The van der Waals surface area contributed by atoms with E-state index in [1.54, 1.807) is 6.20 Å². The lowest BCUT2D eigenvalue weighted by Crippen LogP contribution is -2.42. The summed E-state index contributed by atoms with van der Waals surface area (Å²) in [6.45, 7) is 0. The standard InChI is InChI=1S/C17H19F3N2O/c18-17(19,20)12-4-3-5-13(9-12)22-16(23)8-11-10-21-15-7-2-1-6-14(11)15/h1-2,6-7,10,12-13,21H,3-5,8-9H2,(H,22,23). The van der Waals surface area contributed by atoms with Gasteiger partial charge in [-0.05, 0) is 30.9 Å². The molecule has 23 heavy (non-hydrogen) atoms. The normalized spacial score (nSPS) is 22.2. The molecule has 0 radical (unpaired) electrons. The Morgan fingerprint density at radius 3 is 2.83 bits per heavy atom. The van der Waals surface area contributed by atoms with E-state index in [4.69, 9.17) is 0 Å². The number of nitrogens with one attached hydrogen (secondary N) is 2. The minimum absolute atomic E-state index is 0.0108. The van der Waals surface area contributed by atoms with Crippen LogP contribution in [0.5, 0.6) is 0 Å². The molecule has 1 heterocycles. The van der Waals surface area contributed by atoms with Crippen LogP contribution in [0, 0.1) is 5.92 Å². The first-order chi connectivity index (χ1) is 10.9. The van der Waals surface area contributed by atoms with Crippen LogP contribution in [0.15, 0.2) is 30.5 Å². The third-order valence-corrected chi connectivity index (χ3v) is 4.53. The van der Waals surface area contributed by atoms with Gasteiger partial charge in [-0.25, -0.2) is 0 Å². The van der Waals surface area contributed by atoms with E-state index in [0.717, 1.165) is 16.5 Å². The maximum atomic E-state index is 12.8. The van der Waals surface area contributed by atoms with Gasteiger partial charge in [0.2, 0.25) is 5.91 Å². The smallest absolute Gasteiger partial charge is 0.361 e. The number of carbonyl (C=O) groups is 1. The second-order valence-corrected chi connectivity index (χ2v) is 6.21. The lowest BCUT2D eigenvalue weighted by molar-refractivity contribution is -0.184. The lowest BCUT2D eigenvalue weighted by Gasteiger charge is -2.31. The zero-order chi connectivity index (χ0) is 16.4. The molecular formula is C17H19F3N2O. The number of benzene rings is 1. The number of rotatable bonds is 3. The van der Waals surface area contributed by atoms with Crippen molar-refractivity contribution in [3.05, 3.63) is 36.0 Å². The summed E-state index contributed by atoms with van der Waals surface area (Å²) in [6, 6.07) is 7.27. The molecule has 0 spiro atoms. The highest BCUT2D eigenvalue weighted by atomic mass is 19.4. The van der Waals surface area contributed by atoms with E-state index < -0.39 is 12.1 Å². The molecule has 124 valence electrons. The van der Waals surface area contributed by atoms with Crippen molar-refractivity contribution >= 4 is 16.8 Å². The Morgan fingerprint density at radius 2 is 2.04 bits per heavy atom. The maximum absolute atomic E-state index is 12.8. The Labute approximate surface area is 132 Å². The summed E-state index contributed by atoms with van der Waals surface area (Å²) < 4.78 is 38.4. The van der Waals surface area contributed by atoms with Gasteiger partial charge in [-0.15, -0.1) is 0 Å². The molecule has 1 aromatic heterocycles. The molecule has 1 fully saturated rings. The number of carbonyl (C=O) groups excluding carboxylic acids is 1. The number of fused-ring (bicyclic) bond motifs is 1. The first kappa shape index (κ1) is 15.9. The molecule has 1 aliphatic rings. The highest BCUT2D eigenvalue weighted by Gasteiger charge is 2.42. The lowest BCUT2D eigenvalue weighted by atomic mass is 9.85. The van der Waals surface area contributed by atoms with Crippen molar-refractivity contribution in [2.24, 2.45) is 5.92 Å². The predicted molar refractivity (Wildman–Crippen MR) is 81.9 cm³/mol. The van der Waals surface area contributed by atoms with Crippen molar-refractivity contribution in [2.45, 2.75) is 44.3 Å². The molecule has 1 aliphatic carbocycles. The summed E-state index contributed by atoms with van der Waals surface area (Å²) in [4.78, 5) is 15.3. The summed E-state index contributed by atoms with van der Waals surface area (Å²) >= 11 is 0. The SMILES string of the molecule is O=C(Cc1c[nH]c2ccccc12)NC1CCCC(C(F)(F)F)C1. The molecule has 1 saturated carbocycles. The van der Waals surface area contributed by atoms with Gasteiger partial charge in [0.15, 0.2) is 0 Å². The second-order valence-electron chi connectivity index (χ2n) is 6.21. The fourth-order valence-electron chi connectivity index (χ4n) is 3.35. The summed E-state index contributed by atoms with van der Waals surface area (Å²) in [5.74, 6) is -1.52. The number of H-pyrrole nitrogens is 1. The van der Waals surface area contributed by atoms with E-state index in [9.17, 15) is 18.0 Å². The number of halogens is 3. The molecule has 2 unspecified atom stereocenters.